The van der Waals surface area contributed by atoms with Crippen molar-refractivity contribution in [2.75, 3.05) is 12.0 Å². The smallest absolute Gasteiger partial charge is 0.147 e. The summed E-state index contributed by atoms with van der Waals surface area (Å²) in [6, 6.07) is 0. The number of halogens is 1. The maximum atomic E-state index is 10.8. The van der Waals surface area contributed by atoms with E-state index in [0.717, 1.165) is 19.3 Å². The molecule has 80 valence electrons. The molecule has 0 aliphatic carbocycles. The van der Waals surface area contributed by atoms with E-state index in [9.17, 15) is 8.42 Å². The van der Waals surface area contributed by atoms with E-state index in [-0.39, 0.29) is 0 Å². The second-order valence-electron chi connectivity index (χ2n) is 3.51. The third-order valence-corrected chi connectivity index (χ3v) is 3.83. The monoisotopic (exact) mass is 270 g/mol. The largest absolute Gasteiger partial charge is 0.229 e. The van der Waals surface area contributed by atoms with Gasteiger partial charge in [-0.3, -0.25) is 0 Å². The fourth-order valence-corrected chi connectivity index (χ4v) is 2.70. The lowest BCUT2D eigenvalue weighted by Gasteiger charge is -2.06. The summed E-state index contributed by atoms with van der Waals surface area (Å²) in [6.07, 6.45) is 6.54. The van der Waals surface area contributed by atoms with Crippen LogP contribution >= 0.6 is 15.9 Å². The van der Waals surface area contributed by atoms with Crippen molar-refractivity contribution >= 4 is 25.8 Å². The topological polar surface area (TPSA) is 34.1 Å². The molecule has 0 fully saturated rings. The van der Waals surface area contributed by atoms with Crippen molar-refractivity contribution in [3.63, 3.8) is 0 Å². The Morgan fingerprint density at radius 1 is 1.23 bits per heavy atom. The molecule has 1 unspecified atom stereocenters. The Morgan fingerprint density at radius 3 is 2.31 bits per heavy atom. The number of hydrogen-bond donors (Lipinski definition) is 0. The van der Waals surface area contributed by atoms with E-state index in [0.29, 0.717) is 10.6 Å². The highest BCUT2D eigenvalue weighted by molar-refractivity contribution is 9.09. The first-order chi connectivity index (χ1) is 5.95. The normalized spacial score (nSPS) is 14.4. The van der Waals surface area contributed by atoms with Gasteiger partial charge in [0.05, 0.1) is 0 Å². The predicted molar refractivity (Wildman–Crippen MR) is 61.2 cm³/mol. The molecule has 2 nitrogen and oxygen atoms in total. The fourth-order valence-electron chi connectivity index (χ4n) is 1.19. The first-order valence-electron chi connectivity index (χ1n) is 4.77. The number of sulfone groups is 1. The minimum absolute atomic E-state index is 0.332. The Bertz CT molecular complexity index is 212. The maximum absolute atomic E-state index is 10.8. The van der Waals surface area contributed by atoms with Crippen LogP contribution in [-0.4, -0.2) is 25.3 Å². The molecule has 0 saturated heterocycles. The summed E-state index contributed by atoms with van der Waals surface area (Å²) in [5.74, 6) is 0.332. The van der Waals surface area contributed by atoms with Gasteiger partial charge in [0.25, 0.3) is 0 Å². The number of unbranched alkanes of at least 4 members (excludes halogenated alkanes) is 1. The molecular formula is C9H19BrO2S. The van der Waals surface area contributed by atoms with Gasteiger partial charge in [-0.15, -0.1) is 0 Å². The zero-order chi connectivity index (χ0) is 10.3. The van der Waals surface area contributed by atoms with Crippen LogP contribution in [0.25, 0.3) is 0 Å². The molecule has 0 aliphatic heterocycles. The van der Waals surface area contributed by atoms with Gasteiger partial charge in [-0.1, -0.05) is 35.7 Å². The van der Waals surface area contributed by atoms with Gasteiger partial charge in [-0.05, 0) is 19.3 Å². The van der Waals surface area contributed by atoms with Crippen molar-refractivity contribution in [1.82, 2.24) is 0 Å². The third kappa shape index (κ3) is 10.4. The van der Waals surface area contributed by atoms with Crippen LogP contribution in [0.4, 0.5) is 0 Å². The average molecular weight is 271 g/mol. The van der Waals surface area contributed by atoms with E-state index in [1.165, 1.54) is 19.1 Å². The van der Waals surface area contributed by atoms with Gasteiger partial charge >= 0.3 is 0 Å². The molecule has 4 heteroatoms. The van der Waals surface area contributed by atoms with Crippen molar-refractivity contribution < 1.29 is 8.42 Å². The van der Waals surface area contributed by atoms with Gasteiger partial charge in [-0.2, -0.15) is 0 Å². The van der Waals surface area contributed by atoms with E-state index >= 15 is 0 Å². The molecule has 0 aromatic rings. The fraction of sp³-hybridized carbons (Fsp3) is 1.00. The molecule has 0 saturated carbocycles. The van der Waals surface area contributed by atoms with Gasteiger partial charge in [0, 0.05) is 16.8 Å². The van der Waals surface area contributed by atoms with Crippen LogP contribution in [0, 0.1) is 0 Å². The van der Waals surface area contributed by atoms with Crippen LogP contribution in [0.15, 0.2) is 0 Å². The van der Waals surface area contributed by atoms with Gasteiger partial charge in [-0.25, -0.2) is 8.42 Å². The minimum Gasteiger partial charge on any atom is -0.229 e. The molecule has 0 amide bonds. The van der Waals surface area contributed by atoms with Gasteiger partial charge < -0.3 is 0 Å². The van der Waals surface area contributed by atoms with Crippen molar-refractivity contribution in [2.24, 2.45) is 0 Å². The first-order valence-corrected chi connectivity index (χ1v) is 7.75. The second-order valence-corrected chi connectivity index (χ2v) is 7.07. The molecule has 0 aromatic heterocycles. The van der Waals surface area contributed by atoms with Gasteiger partial charge in [0.2, 0.25) is 0 Å². The minimum atomic E-state index is -2.75. The van der Waals surface area contributed by atoms with Crippen LogP contribution in [0.3, 0.4) is 0 Å². The van der Waals surface area contributed by atoms with Gasteiger partial charge in [0.15, 0.2) is 0 Å². The highest BCUT2D eigenvalue weighted by atomic mass is 79.9. The average Bonchev–Trinajstić information content (AvgIpc) is 1.97. The summed E-state index contributed by atoms with van der Waals surface area (Å²) in [7, 11) is -2.75. The molecule has 0 aromatic carbocycles. The molecular weight excluding hydrogens is 252 g/mol. The van der Waals surface area contributed by atoms with Crippen LogP contribution in [0.1, 0.15) is 39.0 Å². The highest BCUT2D eigenvalue weighted by Gasteiger charge is 2.04. The van der Waals surface area contributed by atoms with E-state index in [2.05, 4.69) is 22.9 Å². The first kappa shape index (κ1) is 13.4. The summed E-state index contributed by atoms with van der Waals surface area (Å²) in [4.78, 5) is 0.567. The highest BCUT2D eigenvalue weighted by Crippen LogP contribution is 2.15. The lowest BCUT2D eigenvalue weighted by Crippen LogP contribution is -2.04. The van der Waals surface area contributed by atoms with E-state index in [1.807, 2.05) is 0 Å². The van der Waals surface area contributed by atoms with Crippen LogP contribution in [-0.2, 0) is 9.84 Å². The molecule has 0 bridgehead atoms. The Labute approximate surface area is 90.2 Å². The zero-order valence-corrected chi connectivity index (χ0v) is 10.8. The number of rotatable bonds is 7. The second kappa shape index (κ2) is 6.82. The SMILES string of the molecule is CCCC(Br)CCCCS(C)(=O)=O. The van der Waals surface area contributed by atoms with Gasteiger partial charge in [0.1, 0.15) is 9.84 Å². The molecule has 0 aliphatic rings. The third-order valence-electron chi connectivity index (χ3n) is 1.88. The lowest BCUT2D eigenvalue weighted by molar-refractivity contribution is 0.592. The van der Waals surface area contributed by atoms with E-state index < -0.39 is 9.84 Å². The van der Waals surface area contributed by atoms with E-state index in [4.69, 9.17) is 0 Å². The van der Waals surface area contributed by atoms with Crippen LogP contribution < -0.4 is 0 Å². The van der Waals surface area contributed by atoms with Crippen molar-refractivity contribution in [3.8, 4) is 0 Å². The number of alkyl halides is 1. The van der Waals surface area contributed by atoms with Crippen LogP contribution in [0.2, 0.25) is 0 Å². The molecule has 0 radical (unpaired) electrons. The zero-order valence-electron chi connectivity index (χ0n) is 8.42. The van der Waals surface area contributed by atoms with Crippen molar-refractivity contribution in [3.05, 3.63) is 0 Å². The Balaban J connectivity index is 3.36. The van der Waals surface area contributed by atoms with Crippen LogP contribution in [0.5, 0.6) is 0 Å². The molecule has 13 heavy (non-hydrogen) atoms. The Kier molecular flexibility index (Phi) is 7.05. The lowest BCUT2D eigenvalue weighted by atomic mass is 10.1. The molecule has 1 atom stereocenters. The quantitative estimate of drug-likeness (QED) is 0.527. The maximum Gasteiger partial charge on any atom is 0.147 e. The molecule has 0 heterocycles. The summed E-state index contributed by atoms with van der Waals surface area (Å²) in [6.45, 7) is 2.16. The molecule has 0 spiro atoms. The summed E-state index contributed by atoms with van der Waals surface area (Å²) in [5.41, 5.74) is 0. The molecule has 0 rings (SSSR count). The van der Waals surface area contributed by atoms with Crippen molar-refractivity contribution in [2.45, 2.75) is 43.9 Å². The number of hydrogen-bond acceptors (Lipinski definition) is 2. The Morgan fingerprint density at radius 2 is 1.85 bits per heavy atom. The standard InChI is InChI=1S/C9H19BrO2S/c1-3-6-9(10)7-4-5-8-13(2,11)12/h9H,3-8H2,1-2H3. The summed E-state index contributed by atoms with van der Waals surface area (Å²) in [5, 5.41) is 0. The Hall–Kier alpha value is 0.430. The molecule has 0 N–H and O–H groups in total. The summed E-state index contributed by atoms with van der Waals surface area (Å²) >= 11 is 3.57. The van der Waals surface area contributed by atoms with Crippen molar-refractivity contribution in [1.29, 1.82) is 0 Å². The van der Waals surface area contributed by atoms with E-state index in [1.54, 1.807) is 0 Å². The summed E-state index contributed by atoms with van der Waals surface area (Å²) < 4.78 is 21.6. The predicted octanol–water partition coefficient (Wildman–Crippen LogP) is 2.76.